The van der Waals surface area contributed by atoms with Gasteiger partial charge in [0.15, 0.2) is 6.61 Å². The molecular weight excluding hydrogens is 316 g/mol. The fraction of sp³-hybridized carbons (Fsp3) is 0.100. The monoisotopic (exact) mass is 332 g/mol. The van der Waals surface area contributed by atoms with Gasteiger partial charge in [-0.3, -0.25) is 4.79 Å². The lowest BCUT2D eigenvalue weighted by Crippen LogP contribution is -2.14. The second-order valence-electron chi connectivity index (χ2n) is 5.92. The van der Waals surface area contributed by atoms with Gasteiger partial charge in [0.05, 0.1) is 5.56 Å². The number of rotatable bonds is 4. The van der Waals surface area contributed by atoms with Gasteiger partial charge >= 0.3 is 5.97 Å². The van der Waals surface area contributed by atoms with Crippen molar-refractivity contribution in [2.24, 2.45) is 0 Å². The normalized spacial score (nSPS) is 11.1. The fourth-order valence-electron chi connectivity index (χ4n) is 3.16. The zero-order chi connectivity index (χ0) is 17.4. The number of benzene rings is 2. The number of hydrogen-bond acceptors (Lipinski definition) is 3. The van der Waals surface area contributed by atoms with E-state index in [4.69, 9.17) is 4.74 Å². The quantitative estimate of drug-likeness (QED) is 0.438. The molecule has 0 fully saturated rings. The first-order valence-corrected chi connectivity index (χ1v) is 7.99. The Morgan fingerprint density at radius 3 is 2.44 bits per heavy atom. The summed E-state index contributed by atoms with van der Waals surface area (Å²) in [6, 6.07) is 15.0. The number of aromatic nitrogens is 2. The van der Waals surface area contributed by atoms with Crippen LogP contribution >= 0.6 is 0 Å². The summed E-state index contributed by atoms with van der Waals surface area (Å²) in [5.41, 5.74) is 3.52. The molecule has 0 saturated heterocycles. The largest absolute Gasteiger partial charge is 0.454 e. The van der Waals surface area contributed by atoms with Crippen LogP contribution in [0, 0.1) is 6.92 Å². The third kappa shape index (κ3) is 2.59. The highest BCUT2D eigenvalue weighted by Gasteiger charge is 2.19. The maximum absolute atomic E-state index is 12.6. The highest BCUT2D eigenvalue weighted by Crippen LogP contribution is 2.23. The van der Waals surface area contributed by atoms with Gasteiger partial charge in [0.2, 0.25) is 5.78 Å². The van der Waals surface area contributed by atoms with Gasteiger partial charge in [0.1, 0.15) is 0 Å². The van der Waals surface area contributed by atoms with Crippen molar-refractivity contribution in [1.82, 2.24) is 9.97 Å². The van der Waals surface area contributed by atoms with Gasteiger partial charge in [-0.2, -0.15) is 0 Å². The van der Waals surface area contributed by atoms with E-state index in [-0.39, 0.29) is 12.4 Å². The van der Waals surface area contributed by atoms with E-state index in [2.05, 4.69) is 9.97 Å². The number of aryl methyl sites for hydroxylation is 1. The minimum atomic E-state index is -0.511. The first kappa shape index (κ1) is 15.2. The van der Waals surface area contributed by atoms with Crippen LogP contribution in [0.15, 0.2) is 54.7 Å². The smallest absolute Gasteiger partial charge is 0.340 e. The SMILES string of the molecule is Cc1[nH]c2ccccc2c1C(=O)COC(=O)c1c[nH]c2ccccc12. The zero-order valence-corrected chi connectivity index (χ0v) is 13.6. The summed E-state index contributed by atoms with van der Waals surface area (Å²) >= 11 is 0. The molecule has 2 N–H and O–H groups in total. The number of Topliss-reactive ketones (excluding diaryl/α,β-unsaturated/α-hetero) is 1. The summed E-state index contributed by atoms with van der Waals surface area (Å²) < 4.78 is 5.26. The highest BCUT2D eigenvalue weighted by atomic mass is 16.5. The maximum atomic E-state index is 12.6. The van der Waals surface area contributed by atoms with E-state index in [1.54, 1.807) is 6.20 Å². The van der Waals surface area contributed by atoms with E-state index in [9.17, 15) is 9.59 Å². The number of carbonyl (C=O) groups excluding carboxylic acids is 2. The first-order valence-electron chi connectivity index (χ1n) is 7.99. The van der Waals surface area contributed by atoms with Crippen molar-refractivity contribution in [2.45, 2.75) is 6.92 Å². The second kappa shape index (κ2) is 5.94. The highest BCUT2D eigenvalue weighted by molar-refractivity contribution is 6.11. The molecule has 0 spiro atoms. The van der Waals surface area contributed by atoms with Crippen LogP contribution in [0.5, 0.6) is 0 Å². The molecule has 0 aliphatic rings. The Bertz CT molecular complexity index is 1100. The lowest BCUT2D eigenvalue weighted by molar-refractivity contribution is 0.0477. The third-order valence-electron chi connectivity index (χ3n) is 4.32. The van der Waals surface area contributed by atoms with Gasteiger partial charge in [0.25, 0.3) is 0 Å². The molecule has 25 heavy (non-hydrogen) atoms. The Balaban J connectivity index is 1.55. The van der Waals surface area contributed by atoms with Crippen LogP contribution in [0.4, 0.5) is 0 Å². The van der Waals surface area contributed by atoms with E-state index in [0.717, 1.165) is 27.5 Å². The topological polar surface area (TPSA) is 75.0 Å². The van der Waals surface area contributed by atoms with Crippen LogP contribution in [-0.2, 0) is 4.74 Å². The third-order valence-corrected chi connectivity index (χ3v) is 4.32. The number of nitrogens with one attached hydrogen (secondary N) is 2. The molecule has 4 aromatic rings. The van der Waals surface area contributed by atoms with Crippen LogP contribution < -0.4 is 0 Å². The van der Waals surface area contributed by atoms with E-state index in [1.807, 2.05) is 55.5 Å². The number of esters is 1. The van der Waals surface area contributed by atoms with Crippen molar-refractivity contribution >= 4 is 33.6 Å². The number of carbonyl (C=O) groups is 2. The molecule has 0 unspecified atom stereocenters. The molecule has 5 heteroatoms. The maximum Gasteiger partial charge on any atom is 0.340 e. The average Bonchev–Trinajstić information content (AvgIpc) is 3.19. The first-order chi connectivity index (χ1) is 12.1. The number of H-pyrrole nitrogens is 2. The van der Waals surface area contributed by atoms with Crippen molar-refractivity contribution < 1.29 is 14.3 Å². The van der Waals surface area contributed by atoms with Crippen LogP contribution in [0.1, 0.15) is 26.4 Å². The molecule has 0 radical (unpaired) electrons. The van der Waals surface area contributed by atoms with Crippen molar-refractivity contribution in [3.05, 3.63) is 71.5 Å². The van der Waals surface area contributed by atoms with Crippen LogP contribution in [0.2, 0.25) is 0 Å². The summed E-state index contributed by atoms with van der Waals surface area (Å²) in [6.07, 6.45) is 1.61. The number of hydrogen-bond donors (Lipinski definition) is 2. The standard InChI is InChI=1S/C20H16N2O3/c1-12-19(14-7-3-5-9-17(14)22-12)18(23)11-25-20(24)15-10-21-16-8-4-2-6-13(15)16/h2-10,21-22H,11H2,1H3. The van der Waals surface area contributed by atoms with Crippen molar-refractivity contribution in [3.63, 3.8) is 0 Å². The zero-order valence-electron chi connectivity index (χ0n) is 13.6. The summed E-state index contributed by atoms with van der Waals surface area (Å²) in [5, 5.41) is 1.62. The van der Waals surface area contributed by atoms with Gasteiger partial charge in [-0.25, -0.2) is 4.79 Å². The number of ketones is 1. The minimum absolute atomic E-state index is 0.219. The predicted molar refractivity (Wildman–Crippen MR) is 95.9 cm³/mol. The van der Waals surface area contributed by atoms with E-state index < -0.39 is 5.97 Å². The molecule has 0 aliphatic heterocycles. The van der Waals surface area contributed by atoms with Gasteiger partial charge in [-0.1, -0.05) is 36.4 Å². The van der Waals surface area contributed by atoms with Crippen LogP contribution in [0.3, 0.4) is 0 Å². The molecule has 0 atom stereocenters. The molecule has 0 amide bonds. The predicted octanol–water partition coefficient (Wildman–Crippen LogP) is 4.00. The Hall–Kier alpha value is -3.34. The molecule has 124 valence electrons. The summed E-state index contributed by atoms with van der Waals surface area (Å²) in [7, 11) is 0. The van der Waals surface area contributed by atoms with Crippen molar-refractivity contribution in [3.8, 4) is 0 Å². The van der Waals surface area contributed by atoms with Crippen LogP contribution in [-0.4, -0.2) is 28.3 Å². The second-order valence-corrected chi connectivity index (χ2v) is 5.92. The molecule has 4 rings (SSSR count). The number of fused-ring (bicyclic) bond motifs is 2. The molecule has 0 saturated carbocycles. The van der Waals surface area contributed by atoms with E-state index in [0.29, 0.717) is 11.1 Å². The van der Waals surface area contributed by atoms with Crippen LogP contribution in [0.25, 0.3) is 21.8 Å². The number of para-hydroxylation sites is 2. The average molecular weight is 332 g/mol. The molecule has 5 nitrogen and oxygen atoms in total. The molecule has 0 aliphatic carbocycles. The van der Waals surface area contributed by atoms with E-state index >= 15 is 0 Å². The Morgan fingerprint density at radius 2 is 1.64 bits per heavy atom. The summed E-state index contributed by atoms with van der Waals surface area (Å²) in [6.45, 7) is 1.55. The Kier molecular flexibility index (Phi) is 3.61. The minimum Gasteiger partial charge on any atom is -0.454 e. The lowest BCUT2D eigenvalue weighted by atomic mass is 10.1. The Morgan fingerprint density at radius 1 is 0.960 bits per heavy atom. The summed E-state index contributed by atoms with van der Waals surface area (Å²) in [4.78, 5) is 31.1. The van der Waals surface area contributed by atoms with Crippen molar-refractivity contribution in [2.75, 3.05) is 6.61 Å². The molecule has 2 heterocycles. The number of ether oxygens (including phenoxy) is 1. The molecule has 0 bridgehead atoms. The van der Waals surface area contributed by atoms with Crippen molar-refractivity contribution in [1.29, 1.82) is 0 Å². The molecule has 2 aromatic heterocycles. The van der Waals surface area contributed by atoms with Gasteiger partial charge in [0, 0.05) is 39.3 Å². The molecular formula is C20H16N2O3. The molecule has 2 aromatic carbocycles. The number of aromatic amines is 2. The lowest BCUT2D eigenvalue weighted by Gasteiger charge is -2.04. The fourth-order valence-corrected chi connectivity index (χ4v) is 3.16. The van der Waals surface area contributed by atoms with Gasteiger partial charge in [-0.15, -0.1) is 0 Å². The van der Waals surface area contributed by atoms with Gasteiger partial charge < -0.3 is 14.7 Å². The Labute approximate surface area is 143 Å². The summed E-state index contributed by atoms with van der Waals surface area (Å²) in [5.74, 6) is -0.730. The van der Waals surface area contributed by atoms with E-state index in [1.165, 1.54) is 0 Å². The van der Waals surface area contributed by atoms with Gasteiger partial charge in [-0.05, 0) is 19.1 Å².